The van der Waals surface area contributed by atoms with Crippen molar-refractivity contribution in [2.24, 2.45) is 0 Å². The van der Waals surface area contributed by atoms with Crippen molar-refractivity contribution in [1.29, 1.82) is 5.26 Å². The second-order valence-corrected chi connectivity index (χ2v) is 7.86. The van der Waals surface area contributed by atoms with Crippen molar-refractivity contribution in [1.82, 2.24) is 20.3 Å². The number of hydrogen-bond donors (Lipinski definition) is 3. The van der Waals surface area contributed by atoms with Crippen LogP contribution in [0, 0.1) is 17.1 Å². The average Bonchev–Trinajstić information content (AvgIpc) is 2.88. The summed E-state index contributed by atoms with van der Waals surface area (Å²) < 4.78 is 13.2. The van der Waals surface area contributed by atoms with E-state index in [-0.39, 0.29) is 28.9 Å². The lowest BCUT2D eigenvalue weighted by Crippen LogP contribution is -2.28. The second kappa shape index (κ2) is 10.4. The van der Waals surface area contributed by atoms with Gasteiger partial charge in [0, 0.05) is 30.7 Å². The number of carbonyl (C=O) groups excluding carboxylic acids is 1. The number of carbonyl (C=O) groups is 1. The zero-order valence-electron chi connectivity index (χ0n) is 18.9. The van der Waals surface area contributed by atoms with Gasteiger partial charge in [0.05, 0.1) is 17.2 Å². The maximum Gasteiger partial charge on any atom is 0.255 e. The van der Waals surface area contributed by atoms with Crippen LogP contribution in [0.3, 0.4) is 0 Å². The van der Waals surface area contributed by atoms with Crippen molar-refractivity contribution in [3.05, 3.63) is 101 Å². The normalized spacial score (nSPS) is 11.3. The Morgan fingerprint density at radius 2 is 1.71 bits per heavy atom. The Morgan fingerprint density at radius 1 is 1.03 bits per heavy atom. The average molecular weight is 468 g/mol. The molecule has 0 saturated heterocycles. The van der Waals surface area contributed by atoms with E-state index < -0.39 is 5.91 Å². The van der Waals surface area contributed by atoms with E-state index in [2.05, 4.69) is 25.6 Å². The summed E-state index contributed by atoms with van der Waals surface area (Å²) in [5, 5.41) is 15.3. The molecular weight excluding hydrogens is 445 g/mol. The molecule has 2 aromatic carbocycles. The molecule has 0 aliphatic carbocycles. The van der Waals surface area contributed by atoms with Crippen LogP contribution in [0.2, 0.25) is 0 Å². The number of nitrogens with two attached hydrogens (primary N) is 1. The summed E-state index contributed by atoms with van der Waals surface area (Å²) >= 11 is 0. The number of hydrogen-bond acceptors (Lipinski definition) is 7. The summed E-state index contributed by atoms with van der Waals surface area (Å²) in [5.41, 5.74) is 9.56. The number of aromatic nitrogens is 3. The van der Waals surface area contributed by atoms with E-state index in [1.165, 1.54) is 24.4 Å². The maximum atomic E-state index is 13.2. The Balaban J connectivity index is 1.48. The van der Waals surface area contributed by atoms with Gasteiger partial charge in [0.2, 0.25) is 5.95 Å². The molecule has 2 aromatic heterocycles. The fourth-order valence-corrected chi connectivity index (χ4v) is 3.44. The zero-order valence-corrected chi connectivity index (χ0v) is 18.9. The molecular formula is C26H22FN7O. The van der Waals surface area contributed by atoms with E-state index in [1.807, 2.05) is 30.3 Å². The van der Waals surface area contributed by atoms with Crippen molar-refractivity contribution in [3.8, 4) is 17.2 Å². The van der Waals surface area contributed by atoms with Crippen LogP contribution in [0.1, 0.15) is 40.0 Å². The van der Waals surface area contributed by atoms with E-state index in [0.29, 0.717) is 12.4 Å². The molecule has 35 heavy (non-hydrogen) atoms. The molecule has 1 atom stereocenters. The Labute approximate surface area is 201 Å². The number of anilines is 2. The van der Waals surface area contributed by atoms with Gasteiger partial charge in [-0.15, -0.1) is 0 Å². The van der Waals surface area contributed by atoms with E-state index in [9.17, 15) is 14.4 Å². The quantitative estimate of drug-likeness (QED) is 0.371. The van der Waals surface area contributed by atoms with Crippen molar-refractivity contribution < 1.29 is 9.18 Å². The lowest BCUT2D eigenvalue weighted by atomic mass is 10.1. The highest BCUT2D eigenvalue weighted by Crippen LogP contribution is 2.21. The molecule has 0 bridgehead atoms. The van der Waals surface area contributed by atoms with E-state index >= 15 is 0 Å². The number of amides is 1. The van der Waals surface area contributed by atoms with Crippen molar-refractivity contribution >= 4 is 17.7 Å². The van der Waals surface area contributed by atoms with Gasteiger partial charge in [0.25, 0.3) is 5.91 Å². The number of nitrogens with zero attached hydrogens (tertiary/aromatic N) is 4. The number of nitrogens with one attached hydrogen (secondary N) is 2. The van der Waals surface area contributed by atoms with Gasteiger partial charge in [-0.1, -0.05) is 36.4 Å². The maximum absolute atomic E-state index is 13.2. The topological polar surface area (TPSA) is 130 Å². The molecule has 0 radical (unpaired) electrons. The van der Waals surface area contributed by atoms with Crippen LogP contribution >= 0.6 is 0 Å². The molecule has 0 aliphatic rings. The fraction of sp³-hybridized carbons (Fsp3) is 0.115. The van der Waals surface area contributed by atoms with Crippen molar-refractivity contribution in [2.75, 3.05) is 11.1 Å². The predicted octanol–water partition coefficient (Wildman–Crippen LogP) is 4.23. The number of benzene rings is 2. The van der Waals surface area contributed by atoms with Gasteiger partial charge < -0.3 is 16.4 Å². The molecule has 0 aliphatic heterocycles. The Bertz CT molecular complexity index is 1370. The summed E-state index contributed by atoms with van der Waals surface area (Å²) in [4.78, 5) is 25.3. The number of rotatable bonds is 7. The Hall–Kier alpha value is -4.84. The lowest BCUT2D eigenvalue weighted by molar-refractivity contribution is 0.0940. The van der Waals surface area contributed by atoms with Gasteiger partial charge in [0.15, 0.2) is 0 Å². The van der Waals surface area contributed by atoms with E-state index in [4.69, 9.17) is 5.73 Å². The molecule has 174 valence electrons. The van der Waals surface area contributed by atoms with Crippen LogP contribution in [-0.2, 0) is 6.54 Å². The monoisotopic (exact) mass is 467 g/mol. The van der Waals surface area contributed by atoms with Crippen molar-refractivity contribution in [3.63, 3.8) is 0 Å². The number of nitriles is 1. The zero-order chi connectivity index (χ0) is 24.8. The minimum atomic E-state index is -0.396. The Morgan fingerprint density at radius 3 is 2.37 bits per heavy atom. The highest BCUT2D eigenvalue weighted by molar-refractivity contribution is 5.99. The molecule has 4 rings (SSSR count). The fourth-order valence-electron chi connectivity index (χ4n) is 3.44. The van der Waals surface area contributed by atoms with Gasteiger partial charge in [-0.2, -0.15) is 5.26 Å². The summed E-state index contributed by atoms with van der Waals surface area (Å²) in [6, 6.07) is 16.8. The molecule has 9 heteroatoms. The molecule has 0 saturated carbocycles. The van der Waals surface area contributed by atoms with Crippen LogP contribution in [0.15, 0.2) is 73.2 Å². The summed E-state index contributed by atoms with van der Waals surface area (Å²) in [6.07, 6.45) is 4.73. The number of halogens is 1. The highest BCUT2D eigenvalue weighted by Gasteiger charge is 2.17. The molecule has 2 heterocycles. The third kappa shape index (κ3) is 5.75. The number of nitrogen functional groups attached to an aromatic ring is 1. The molecule has 4 aromatic rings. The van der Waals surface area contributed by atoms with Gasteiger partial charge in [-0.05, 0) is 41.8 Å². The highest BCUT2D eigenvalue weighted by atomic mass is 19.1. The van der Waals surface area contributed by atoms with Gasteiger partial charge in [0.1, 0.15) is 17.7 Å². The minimum absolute atomic E-state index is 0.219. The predicted molar refractivity (Wildman–Crippen MR) is 130 cm³/mol. The molecule has 0 spiro atoms. The first-order chi connectivity index (χ1) is 16.9. The largest absolute Gasteiger partial charge is 0.368 e. The summed E-state index contributed by atoms with van der Waals surface area (Å²) in [7, 11) is 0. The Kier molecular flexibility index (Phi) is 6.93. The van der Waals surface area contributed by atoms with Crippen LogP contribution in [-0.4, -0.2) is 20.9 Å². The summed E-state index contributed by atoms with van der Waals surface area (Å²) in [5.74, 6) is -0.174. The first kappa shape index (κ1) is 23.3. The van der Waals surface area contributed by atoms with Crippen LogP contribution in [0.4, 0.5) is 16.2 Å². The van der Waals surface area contributed by atoms with Gasteiger partial charge in [-0.3, -0.25) is 4.79 Å². The second-order valence-electron chi connectivity index (χ2n) is 7.86. The molecule has 0 fully saturated rings. The minimum Gasteiger partial charge on any atom is -0.368 e. The summed E-state index contributed by atoms with van der Waals surface area (Å²) in [6.45, 7) is 2.21. The smallest absolute Gasteiger partial charge is 0.255 e. The van der Waals surface area contributed by atoms with E-state index in [1.54, 1.807) is 31.5 Å². The third-order valence-electron chi connectivity index (χ3n) is 5.40. The standard InChI is InChI=1S/C26H22FN7O/c1-16(19-6-8-22(27)9-7-19)34-25(35)23-10-18(11-28)13-31-24(23)30-12-17-2-4-20(5-3-17)21-14-32-26(29)33-15-21/h2-10,13-16H,12H2,1H3,(H,30,31)(H,34,35)(H2,29,32,33)/t16-/m0/s1. The van der Waals surface area contributed by atoms with Gasteiger partial charge >= 0.3 is 0 Å². The number of pyridine rings is 1. The first-order valence-electron chi connectivity index (χ1n) is 10.8. The molecule has 4 N–H and O–H groups in total. The first-order valence-corrected chi connectivity index (χ1v) is 10.8. The van der Waals surface area contributed by atoms with Crippen LogP contribution in [0.25, 0.3) is 11.1 Å². The van der Waals surface area contributed by atoms with E-state index in [0.717, 1.165) is 22.3 Å². The molecule has 0 unspecified atom stereocenters. The molecule has 1 amide bonds. The third-order valence-corrected chi connectivity index (χ3v) is 5.40. The lowest BCUT2D eigenvalue weighted by Gasteiger charge is -2.16. The van der Waals surface area contributed by atoms with Crippen LogP contribution in [0.5, 0.6) is 0 Å². The van der Waals surface area contributed by atoms with Crippen LogP contribution < -0.4 is 16.4 Å². The SMILES string of the molecule is C[C@H](NC(=O)c1cc(C#N)cnc1NCc1ccc(-c2cnc(N)nc2)cc1)c1ccc(F)cc1. The van der Waals surface area contributed by atoms with Crippen molar-refractivity contribution in [2.45, 2.75) is 19.5 Å². The molecule has 8 nitrogen and oxygen atoms in total. The van der Waals surface area contributed by atoms with Gasteiger partial charge in [-0.25, -0.2) is 19.3 Å².